The summed E-state index contributed by atoms with van der Waals surface area (Å²) in [6.45, 7) is 3.67. The molecule has 1 heterocycles. The number of rotatable bonds is 4. The summed E-state index contributed by atoms with van der Waals surface area (Å²) >= 11 is 6.07. The Bertz CT molecular complexity index is 699. The lowest BCUT2D eigenvalue weighted by molar-refractivity contribution is -0.116. The molecule has 0 spiro atoms. The first kappa shape index (κ1) is 14.9. The quantitative estimate of drug-likeness (QED) is 0.923. The zero-order valence-corrected chi connectivity index (χ0v) is 13.4. The van der Waals surface area contributed by atoms with Gasteiger partial charge >= 0.3 is 0 Å². The van der Waals surface area contributed by atoms with E-state index in [4.69, 9.17) is 11.6 Å². The number of halogens is 1. The zero-order chi connectivity index (χ0) is 15.5. The molecule has 1 amide bonds. The summed E-state index contributed by atoms with van der Waals surface area (Å²) in [5.74, 6) is 0.0179. The molecule has 0 radical (unpaired) electrons. The van der Waals surface area contributed by atoms with Gasteiger partial charge in [-0.1, -0.05) is 35.9 Å². The van der Waals surface area contributed by atoms with Crippen LogP contribution >= 0.6 is 11.6 Å². The van der Waals surface area contributed by atoms with Gasteiger partial charge in [0.25, 0.3) is 0 Å². The number of benzene rings is 2. The molecule has 0 saturated heterocycles. The molecule has 0 unspecified atom stereocenters. The van der Waals surface area contributed by atoms with Gasteiger partial charge < -0.3 is 10.2 Å². The molecule has 3 rings (SSSR count). The van der Waals surface area contributed by atoms with E-state index < -0.39 is 0 Å². The monoisotopic (exact) mass is 314 g/mol. The van der Waals surface area contributed by atoms with Crippen LogP contribution < -0.4 is 10.2 Å². The Balaban J connectivity index is 1.56. The standard InChI is InChI=1S/C18H19ClN2O/c1-13-6-7-15(12-16(13)19)20-18(22)9-11-21-10-8-14-4-2-3-5-17(14)21/h2-7,12H,8-11H2,1H3,(H,20,22). The van der Waals surface area contributed by atoms with Crippen LogP contribution in [-0.2, 0) is 11.2 Å². The van der Waals surface area contributed by atoms with Crippen molar-refractivity contribution in [3.63, 3.8) is 0 Å². The molecule has 0 fully saturated rings. The van der Waals surface area contributed by atoms with Crippen molar-refractivity contribution in [3.8, 4) is 0 Å². The van der Waals surface area contributed by atoms with Crippen molar-refractivity contribution in [2.24, 2.45) is 0 Å². The van der Waals surface area contributed by atoms with Gasteiger partial charge in [0, 0.05) is 35.9 Å². The van der Waals surface area contributed by atoms with E-state index in [1.165, 1.54) is 11.3 Å². The maximum absolute atomic E-state index is 12.1. The van der Waals surface area contributed by atoms with Crippen LogP contribution in [0.5, 0.6) is 0 Å². The topological polar surface area (TPSA) is 32.3 Å². The minimum atomic E-state index is 0.0179. The van der Waals surface area contributed by atoms with Gasteiger partial charge in [0.05, 0.1) is 0 Å². The SMILES string of the molecule is Cc1ccc(NC(=O)CCN2CCc3ccccc32)cc1Cl. The smallest absolute Gasteiger partial charge is 0.226 e. The summed E-state index contributed by atoms with van der Waals surface area (Å²) in [6, 6.07) is 14.0. The molecule has 2 aromatic rings. The van der Waals surface area contributed by atoms with E-state index in [0.717, 1.165) is 30.8 Å². The number of carbonyl (C=O) groups excluding carboxylic acids is 1. The number of amides is 1. The number of aryl methyl sites for hydroxylation is 1. The molecule has 2 aromatic carbocycles. The molecule has 4 heteroatoms. The maximum atomic E-state index is 12.1. The van der Waals surface area contributed by atoms with Crippen LogP contribution in [0.2, 0.25) is 5.02 Å². The van der Waals surface area contributed by atoms with E-state index in [-0.39, 0.29) is 5.91 Å². The molecule has 1 N–H and O–H groups in total. The minimum absolute atomic E-state index is 0.0179. The van der Waals surface area contributed by atoms with Crippen LogP contribution in [0.15, 0.2) is 42.5 Å². The lowest BCUT2D eigenvalue weighted by Crippen LogP contribution is -2.26. The largest absolute Gasteiger partial charge is 0.370 e. The molecule has 3 nitrogen and oxygen atoms in total. The van der Waals surface area contributed by atoms with Crippen LogP contribution in [-0.4, -0.2) is 19.0 Å². The first-order chi connectivity index (χ1) is 10.6. The molecule has 0 aromatic heterocycles. The summed E-state index contributed by atoms with van der Waals surface area (Å²) in [4.78, 5) is 14.4. The Kier molecular flexibility index (Phi) is 4.34. The Hall–Kier alpha value is -2.00. The first-order valence-electron chi connectivity index (χ1n) is 7.52. The average Bonchev–Trinajstić information content (AvgIpc) is 2.92. The number of hydrogen-bond acceptors (Lipinski definition) is 2. The molecule has 22 heavy (non-hydrogen) atoms. The fourth-order valence-electron chi connectivity index (χ4n) is 2.77. The number of nitrogens with zero attached hydrogens (tertiary/aromatic N) is 1. The van der Waals surface area contributed by atoms with E-state index in [9.17, 15) is 4.79 Å². The summed E-state index contributed by atoms with van der Waals surface area (Å²) in [5, 5.41) is 3.58. The van der Waals surface area contributed by atoms with Crippen molar-refractivity contribution in [1.82, 2.24) is 0 Å². The molecule has 1 aliphatic rings. The van der Waals surface area contributed by atoms with Gasteiger partial charge in [0.15, 0.2) is 0 Å². The Morgan fingerprint density at radius 1 is 1.27 bits per heavy atom. The van der Waals surface area contributed by atoms with E-state index in [2.05, 4.69) is 28.4 Å². The van der Waals surface area contributed by atoms with E-state index >= 15 is 0 Å². The van der Waals surface area contributed by atoms with Crippen LogP contribution in [0.4, 0.5) is 11.4 Å². The summed E-state index contributed by atoms with van der Waals surface area (Å²) < 4.78 is 0. The Morgan fingerprint density at radius 3 is 2.91 bits per heavy atom. The van der Waals surface area contributed by atoms with Gasteiger partial charge in [0.2, 0.25) is 5.91 Å². The third-order valence-electron chi connectivity index (χ3n) is 4.05. The summed E-state index contributed by atoms with van der Waals surface area (Å²) in [6.07, 6.45) is 1.53. The number of carbonyl (C=O) groups is 1. The molecule has 1 aliphatic heterocycles. The molecule has 0 atom stereocenters. The highest BCUT2D eigenvalue weighted by Gasteiger charge is 2.18. The van der Waals surface area contributed by atoms with Gasteiger partial charge in [-0.25, -0.2) is 0 Å². The predicted octanol–water partition coefficient (Wildman–Crippen LogP) is 4.04. The van der Waals surface area contributed by atoms with Crippen molar-refractivity contribution in [2.75, 3.05) is 23.3 Å². The average molecular weight is 315 g/mol. The van der Waals surface area contributed by atoms with Crippen LogP contribution in [0.25, 0.3) is 0 Å². The maximum Gasteiger partial charge on any atom is 0.226 e. The van der Waals surface area contributed by atoms with Crippen molar-refractivity contribution < 1.29 is 4.79 Å². The van der Waals surface area contributed by atoms with E-state index in [0.29, 0.717) is 11.4 Å². The number of fused-ring (bicyclic) bond motifs is 1. The number of anilines is 2. The van der Waals surface area contributed by atoms with Crippen molar-refractivity contribution in [2.45, 2.75) is 19.8 Å². The predicted molar refractivity (Wildman–Crippen MR) is 91.8 cm³/mol. The third-order valence-corrected chi connectivity index (χ3v) is 4.45. The normalized spacial score (nSPS) is 13.1. The highest BCUT2D eigenvalue weighted by atomic mass is 35.5. The Morgan fingerprint density at radius 2 is 2.09 bits per heavy atom. The van der Waals surface area contributed by atoms with E-state index in [1.54, 1.807) is 6.07 Å². The first-order valence-corrected chi connectivity index (χ1v) is 7.90. The summed E-state index contributed by atoms with van der Waals surface area (Å²) in [5.41, 5.74) is 4.39. The van der Waals surface area contributed by atoms with Crippen molar-refractivity contribution >= 4 is 28.9 Å². The molecule has 0 aliphatic carbocycles. The zero-order valence-electron chi connectivity index (χ0n) is 12.6. The van der Waals surface area contributed by atoms with E-state index in [1.807, 2.05) is 25.1 Å². The summed E-state index contributed by atoms with van der Waals surface area (Å²) in [7, 11) is 0. The fraction of sp³-hybridized carbons (Fsp3) is 0.278. The number of nitrogens with one attached hydrogen (secondary N) is 1. The van der Waals surface area contributed by atoms with Gasteiger partial charge in [0.1, 0.15) is 0 Å². The minimum Gasteiger partial charge on any atom is -0.370 e. The lowest BCUT2D eigenvalue weighted by Gasteiger charge is -2.19. The lowest BCUT2D eigenvalue weighted by atomic mass is 10.2. The second-order valence-corrected chi connectivity index (χ2v) is 6.04. The molecular formula is C18H19ClN2O. The second kappa shape index (κ2) is 6.41. The molecule has 114 valence electrons. The molecule has 0 bridgehead atoms. The third kappa shape index (κ3) is 3.25. The van der Waals surface area contributed by atoms with Crippen molar-refractivity contribution in [3.05, 3.63) is 58.6 Å². The number of hydrogen-bond donors (Lipinski definition) is 1. The van der Waals surface area contributed by atoms with Crippen molar-refractivity contribution in [1.29, 1.82) is 0 Å². The van der Waals surface area contributed by atoms with Crippen LogP contribution in [0.3, 0.4) is 0 Å². The number of para-hydroxylation sites is 1. The highest BCUT2D eigenvalue weighted by Crippen LogP contribution is 2.27. The second-order valence-electron chi connectivity index (χ2n) is 5.63. The fourth-order valence-corrected chi connectivity index (χ4v) is 2.95. The Labute approximate surface area is 135 Å². The molecule has 0 saturated carbocycles. The van der Waals surface area contributed by atoms with Crippen LogP contribution in [0.1, 0.15) is 17.5 Å². The molecular weight excluding hydrogens is 296 g/mol. The van der Waals surface area contributed by atoms with Gasteiger partial charge in [-0.2, -0.15) is 0 Å². The van der Waals surface area contributed by atoms with Crippen LogP contribution in [0, 0.1) is 6.92 Å². The van der Waals surface area contributed by atoms with Gasteiger partial charge in [-0.3, -0.25) is 4.79 Å². The highest BCUT2D eigenvalue weighted by molar-refractivity contribution is 6.31. The van der Waals surface area contributed by atoms with Gasteiger partial charge in [-0.15, -0.1) is 0 Å². The van der Waals surface area contributed by atoms with Gasteiger partial charge in [-0.05, 0) is 42.7 Å².